The van der Waals surface area contributed by atoms with Gasteiger partial charge >= 0.3 is 5.97 Å². The van der Waals surface area contributed by atoms with E-state index in [9.17, 15) is 9.59 Å². The highest BCUT2D eigenvalue weighted by atomic mass is 32.2. The molecule has 0 spiro atoms. The molecular weight excluding hydrogens is 312 g/mol. The second-order valence-electron chi connectivity index (χ2n) is 5.75. The molecule has 0 radical (unpaired) electrons. The van der Waals surface area contributed by atoms with Gasteiger partial charge in [0.05, 0.1) is 17.5 Å². The third kappa shape index (κ3) is 3.42. The van der Waals surface area contributed by atoms with Gasteiger partial charge in [-0.1, -0.05) is 30.8 Å². The van der Waals surface area contributed by atoms with E-state index in [0.717, 1.165) is 19.3 Å². The number of nitrogens with zero attached hydrogens (tertiary/aromatic N) is 2. The molecule has 1 heterocycles. The fourth-order valence-electron chi connectivity index (χ4n) is 2.39. The van der Waals surface area contributed by atoms with E-state index in [2.05, 4.69) is 4.98 Å². The maximum Gasteiger partial charge on any atom is 0.319 e. The first-order valence-electron chi connectivity index (χ1n) is 7.96. The van der Waals surface area contributed by atoms with E-state index >= 15 is 0 Å². The van der Waals surface area contributed by atoms with Gasteiger partial charge in [0.2, 0.25) is 0 Å². The van der Waals surface area contributed by atoms with Crippen LogP contribution in [0.25, 0.3) is 10.9 Å². The number of ether oxygens (including phenoxy) is 1. The highest BCUT2D eigenvalue weighted by molar-refractivity contribution is 8.00. The quantitative estimate of drug-likeness (QED) is 0.462. The lowest BCUT2D eigenvalue weighted by Crippen LogP contribution is -2.25. The van der Waals surface area contributed by atoms with Crippen LogP contribution in [0.5, 0.6) is 0 Å². The number of fused-ring (bicyclic) bond motifs is 1. The topological polar surface area (TPSA) is 61.2 Å². The van der Waals surface area contributed by atoms with Gasteiger partial charge in [-0.2, -0.15) is 0 Å². The molecule has 0 bridgehead atoms. The molecule has 3 rings (SSSR count). The molecule has 0 amide bonds. The lowest BCUT2D eigenvalue weighted by Gasteiger charge is -2.15. The van der Waals surface area contributed by atoms with Crippen molar-refractivity contribution in [2.75, 3.05) is 6.61 Å². The van der Waals surface area contributed by atoms with E-state index in [-0.39, 0.29) is 22.8 Å². The van der Waals surface area contributed by atoms with Gasteiger partial charge in [0.1, 0.15) is 5.25 Å². The van der Waals surface area contributed by atoms with E-state index in [1.165, 1.54) is 11.8 Å². The third-order valence-corrected chi connectivity index (χ3v) is 4.79. The summed E-state index contributed by atoms with van der Waals surface area (Å²) in [6.07, 6.45) is 2.77. The molecule has 122 valence electrons. The Bertz CT molecular complexity index is 783. The highest BCUT2D eigenvalue weighted by Gasteiger charge is 2.30. The van der Waals surface area contributed by atoms with Crippen LogP contribution in [-0.4, -0.2) is 27.4 Å². The summed E-state index contributed by atoms with van der Waals surface area (Å²) in [7, 11) is 0. The predicted octanol–water partition coefficient (Wildman–Crippen LogP) is 3.17. The Balaban J connectivity index is 1.95. The number of hydrogen-bond acceptors (Lipinski definition) is 5. The van der Waals surface area contributed by atoms with Gasteiger partial charge in [-0.15, -0.1) is 0 Å². The zero-order valence-corrected chi connectivity index (χ0v) is 14.1. The van der Waals surface area contributed by atoms with Gasteiger partial charge in [0.25, 0.3) is 5.56 Å². The summed E-state index contributed by atoms with van der Waals surface area (Å²) < 4.78 is 6.93. The summed E-state index contributed by atoms with van der Waals surface area (Å²) in [5.41, 5.74) is 0.653. The van der Waals surface area contributed by atoms with Gasteiger partial charge in [-0.3, -0.25) is 14.2 Å². The fraction of sp³-hybridized carbons (Fsp3) is 0.471. The van der Waals surface area contributed by atoms with E-state index in [1.54, 1.807) is 17.6 Å². The molecule has 1 saturated carbocycles. The summed E-state index contributed by atoms with van der Waals surface area (Å²) in [5.74, 6) is -0.262. The molecule has 0 saturated heterocycles. The SMILES string of the molecule is CCCOC(=O)C(C)Sc1nc2ccccc2c(=O)n1C1CC1. The number of benzene rings is 1. The van der Waals surface area contributed by atoms with E-state index in [4.69, 9.17) is 4.74 Å². The summed E-state index contributed by atoms with van der Waals surface area (Å²) in [6.45, 7) is 4.17. The van der Waals surface area contributed by atoms with Crippen molar-refractivity contribution < 1.29 is 9.53 Å². The van der Waals surface area contributed by atoms with Crippen molar-refractivity contribution in [2.24, 2.45) is 0 Å². The first-order valence-corrected chi connectivity index (χ1v) is 8.84. The molecule has 1 unspecified atom stereocenters. The van der Waals surface area contributed by atoms with Crippen LogP contribution in [0.1, 0.15) is 39.2 Å². The van der Waals surface area contributed by atoms with Crippen molar-refractivity contribution in [1.29, 1.82) is 0 Å². The second-order valence-corrected chi connectivity index (χ2v) is 7.05. The summed E-state index contributed by atoms with van der Waals surface area (Å²) in [5, 5.41) is 0.849. The minimum atomic E-state index is -0.389. The Hall–Kier alpha value is -1.82. The normalized spacial score (nSPS) is 15.6. The number of carbonyl (C=O) groups is 1. The average molecular weight is 332 g/mol. The first-order chi connectivity index (χ1) is 11.1. The monoisotopic (exact) mass is 332 g/mol. The Morgan fingerprint density at radius 2 is 2.17 bits per heavy atom. The number of para-hydroxylation sites is 1. The number of esters is 1. The molecule has 1 fully saturated rings. The van der Waals surface area contributed by atoms with Crippen molar-refractivity contribution in [3.05, 3.63) is 34.6 Å². The summed E-state index contributed by atoms with van der Waals surface area (Å²) in [6, 6.07) is 7.56. The number of rotatable bonds is 6. The van der Waals surface area contributed by atoms with Crippen LogP contribution in [0.4, 0.5) is 0 Å². The van der Waals surface area contributed by atoms with Gasteiger partial charge in [0, 0.05) is 6.04 Å². The van der Waals surface area contributed by atoms with Gasteiger partial charge < -0.3 is 4.74 Å². The van der Waals surface area contributed by atoms with Crippen molar-refractivity contribution in [2.45, 2.75) is 49.6 Å². The molecule has 1 atom stereocenters. The molecule has 5 nitrogen and oxygen atoms in total. The maximum atomic E-state index is 12.7. The zero-order valence-electron chi connectivity index (χ0n) is 13.3. The van der Waals surface area contributed by atoms with Crippen molar-refractivity contribution in [1.82, 2.24) is 9.55 Å². The predicted molar refractivity (Wildman–Crippen MR) is 90.8 cm³/mol. The van der Waals surface area contributed by atoms with Crippen LogP contribution in [-0.2, 0) is 9.53 Å². The second kappa shape index (κ2) is 6.74. The van der Waals surface area contributed by atoms with Crippen LogP contribution in [0.15, 0.2) is 34.2 Å². The average Bonchev–Trinajstić information content (AvgIpc) is 3.37. The van der Waals surface area contributed by atoms with Crippen LogP contribution in [0, 0.1) is 0 Å². The number of carbonyl (C=O) groups excluding carboxylic acids is 1. The molecule has 6 heteroatoms. The lowest BCUT2D eigenvalue weighted by atomic mass is 10.2. The van der Waals surface area contributed by atoms with Crippen molar-refractivity contribution in [3.8, 4) is 0 Å². The van der Waals surface area contributed by atoms with Gasteiger partial charge in [0.15, 0.2) is 5.16 Å². The fourth-order valence-corrected chi connectivity index (χ4v) is 3.37. The zero-order chi connectivity index (χ0) is 16.4. The largest absolute Gasteiger partial charge is 0.465 e. The number of thioether (sulfide) groups is 1. The molecular formula is C17H20N2O3S. The Morgan fingerprint density at radius 3 is 2.87 bits per heavy atom. The smallest absolute Gasteiger partial charge is 0.319 e. The molecule has 1 aliphatic carbocycles. The minimum Gasteiger partial charge on any atom is -0.465 e. The van der Waals surface area contributed by atoms with Crippen LogP contribution in [0.2, 0.25) is 0 Å². The van der Waals surface area contributed by atoms with E-state index in [0.29, 0.717) is 22.7 Å². The summed E-state index contributed by atoms with van der Waals surface area (Å²) in [4.78, 5) is 29.4. The lowest BCUT2D eigenvalue weighted by molar-refractivity contribution is -0.142. The molecule has 1 aromatic heterocycles. The molecule has 1 aromatic carbocycles. The van der Waals surface area contributed by atoms with Crippen LogP contribution in [0.3, 0.4) is 0 Å². The molecule has 0 N–H and O–H groups in total. The standard InChI is InChI=1S/C17H20N2O3S/c1-3-10-22-16(21)11(2)23-17-18-14-7-5-4-6-13(14)15(20)19(17)12-8-9-12/h4-7,11-12H,3,8-10H2,1-2H3. The summed E-state index contributed by atoms with van der Waals surface area (Å²) >= 11 is 1.30. The number of aromatic nitrogens is 2. The highest BCUT2D eigenvalue weighted by Crippen LogP contribution is 2.37. The minimum absolute atomic E-state index is 0.0188. The Kier molecular flexibility index (Phi) is 4.71. The van der Waals surface area contributed by atoms with Crippen molar-refractivity contribution in [3.63, 3.8) is 0 Å². The molecule has 1 aliphatic rings. The van der Waals surface area contributed by atoms with Gasteiger partial charge in [-0.05, 0) is 38.3 Å². The molecule has 2 aromatic rings. The maximum absolute atomic E-state index is 12.7. The third-order valence-electron chi connectivity index (χ3n) is 3.75. The Labute approximate surface area is 139 Å². The Morgan fingerprint density at radius 1 is 1.43 bits per heavy atom. The van der Waals surface area contributed by atoms with Crippen LogP contribution >= 0.6 is 11.8 Å². The van der Waals surface area contributed by atoms with E-state index in [1.807, 2.05) is 25.1 Å². The van der Waals surface area contributed by atoms with Crippen LogP contribution < -0.4 is 5.56 Å². The van der Waals surface area contributed by atoms with Gasteiger partial charge in [-0.25, -0.2) is 4.98 Å². The van der Waals surface area contributed by atoms with E-state index < -0.39 is 0 Å². The molecule has 23 heavy (non-hydrogen) atoms. The van der Waals surface area contributed by atoms with Crippen molar-refractivity contribution >= 4 is 28.6 Å². The number of hydrogen-bond donors (Lipinski definition) is 0. The first kappa shape index (κ1) is 16.1. The molecule has 0 aliphatic heterocycles.